The number of rotatable bonds is 5. The summed E-state index contributed by atoms with van der Waals surface area (Å²) in [6.45, 7) is 5.19. The van der Waals surface area contributed by atoms with E-state index in [2.05, 4.69) is 25.9 Å². The number of para-hydroxylation sites is 1. The molecule has 0 aliphatic carbocycles. The molecule has 0 aliphatic heterocycles. The Morgan fingerprint density at radius 3 is 2.21 bits per heavy atom. The summed E-state index contributed by atoms with van der Waals surface area (Å²) in [6.07, 6.45) is 0. The Bertz CT molecular complexity index is 1020. The van der Waals surface area contributed by atoms with Crippen molar-refractivity contribution in [2.45, 2.75) is 20.8 Å². The minimum absolute atomic E-state index is 0.132. The topological polar surface area (TPSA) is 96.0 Å². The highest BCUT2D eigenvalue weighted by molar-refractivity contribution is 6.03. The van der Waals surface area contributed by atoms with Crippen LogP contribution in [0.25, 0.3) is 0 Å². The second kappa shape index (κ2) is 8.30. The maximum Gasteiger partial charge on any atom is 0.274 e. The molecule has 1 heterocycles. The SMILES string of the molecule is CC(=O)Nc1ccc(Nc2nc(C)cc(C(=O)Nc3ccccc3C)n2)cc1. The van der Waals surface area contributed by atoms with Crippen LogP contribution in [0.15, 0.2) is 54.6 Å². The van der Waals surface area contributed by atoms with Crippen molar-refractivity contribution < 1.29 is 9.59 Å². The van der Waals surface area contributed by atoms with Gasteiger partial charge in [-0.1, -0.05) is 18.2 Å². The van der Waals surface area contributed by atoms with Crippen LogP contribution in [-0.2, 0) is 4.79 Å². The van der Waals surface area contributed by atoms with Crippen molar-refractivity contribution in [3.8, 4) is 0 Å². The summed E-state index contributed by atoms with van der Waals surface area (Å²) in [6, 6.07) is 16.3. The van der Waals surface area contributed by atoms with Gasteiger partial charge in [-0.2, -0.15) is 0 Å². The van der Waals surface area contributed by atoms with Crippen LogP contribution in [0.2, 0.25) is 0 Å². The largest absolute Gasteiger partial charge is 0.326 e. The summed E-state index contributed by atoms with van der Waals surface area (Å²) in [5, 5.41) is 8.66. The molecule has 2 aromatic carbocycles. The lowest BCUT2D eigenvalue weighted by Gasteiger charge is -2.10. The average Bonchev–Trinajstić information content (AvgIpc) is 2.64. The summed E-state index contributed by atoms with van der Waals surface area (Å²) >= 11 is 0. The highest BCUT2D eigenvalue weighted by Crippen LogP contribution is 2.18. The van der Waals surface area contributed by atoms with E-state index in [-0.39, 0.29) is 17.5 Å². The molecule has 3 N–H and O–H groups in total. The Labute approximate surface area is 163 Å². The number of benzene rings is 2. The molecule has 0 saturated carbocycles. The first-order valence-corrected chi connectivity index (χ1v) is 8.78. The van der Waals surface area contributed by atoms with E-state index < -0.39 is 0 Å². The van der Waals surface area contributed by atoms with E-state index >= 15 is 0 Å². The van der Waals surface area contributed by atoms with Gasteiger partial charge in [0.25, 0.3) is 5.91 Å². The van der Waals surface area contributed by atoms with Gasteiger partial charge in [-0.05, 0) is 55.8 Å². The Balaban J connectivity index is 1.76. The number of amides is 2. The summed E-state index contributed by atoms with van der Waals surface area (Å²) < 4.78 is 0. The first kappa shape index (κ1) is 19.0. The van der Waals surface area contributed by atoms with E-state index in [1.807, 2.05) is 31.2 Å². The molecule has 0 radical (unpaired) electrons. The van der Waals surface area contributed by atoms with Gasteiger partial charge in [0, 0.05) is 29.7 Å². The van der Waals surface area contributed by atoms with E-state index in [0.29, 0.717) is 17.3 Å². The Hall–Kier alpha value is -3.74. The summed E-state index contributed by atoms with van der Waals surface area (Å²) in [5.41, 5.74) is 4.09. The molecule has 0 atom stereocenters. The van der Waals surface area contributed by atoms with Crippen LogP contribution < -0.4 is 16.0 Å². The molecule has 0 fully saturated rings. The zero-order valence-electron chi connectivity index (χ0n) is 15.9. The van der Waals surface area contributed by atoms with E-state index in [1.165, 1.54) is 6.92 Å². The fourth-order valence-electron chi connectivity index (χ4n) is 2.61. The average molecular weight is 375 g/mol. The molecule has 7 nitrogen and oxygen atoms in total. The van der Waals surface area contributed by atoms with Gasteiger partial charge in [0.05, 0.1) is 0 Å². The standard InChI is InChI=1S/C21H21N5O2/c1-13-6-4-5-7-18(13)25-20(28)19-12-14(2)22-21(26-19)24-17-10-8-16(9-11-17)23-15(3)27/h4-12H,1-3H3,(H,23,27)(H,25,28)(H,22,24,26). The van der Waals surface area contributed by atoms with Gasteiger partial charge in [0.15, 0.2) is 0 Å². The summed E-state index contributed by atoms with van der Waals surface area (Å²) in [7, 11) is 0. The van der Waals surface area contributed by atoms with Crippen molar-refractivity contribution in [3.05, 3.63) is 71.5 Å². The van der Waals surface area contributed by atoms with E-state index in [9.17, 15) is 9.59 Å². The maximum absolute atomic E-state index is 12.6. The van der Waals surface area contributed by atoms with Gasteiger partial charge in [0.2, 0.25) is 11.9 Å². The number of hydrogen-bond acceptors (Lipinski definition) is 5. The van der Waals surface area contributed by atoms with Crippen LogP contribution in [0.4, 0.5) is 23.0 Å². The molecule has 3 aromatic rings. The number of nitrogens with one attached hydrogen (secondary N) is 3. The van der Waals surface area contributed by atoms with Crippen LogP contribution in [0.3, 0.4) is 0 Å². The first-order valence-electron chi connectivity index (χ1n) is 8.78. The van der Waals surface area contributed by atoms with Crippen molar-refractivity contribution in [3.63, 3.8) is 0 Å². The van der Waals surface area contributed by atoms with Gasteiger partial charge in [-0.15, -0.1) is 0 Å². The van der Waals surface area contributed by atoms with Crippen LogP contribution in [0.5, 0.6) is 0 Å². The van der Waals surface area contributed by atoms with Gasteiger partial charge < -0.3 is 16.0 Å². The van der Waals surface area contributed by atoms with Crippen molar-refractivity contribution in [2.24, 2.45) is 0 Å². The van der Waals surface area contributed by atoms with E-state index in [4.69, 9.17) is 0 Å². The quantitative estimate of drug-likeness (QED) is 0.625. The van der Waals surface area contributed by atoms with Crippen molar-refractivity contribution in [2.75, 3.05) is 16.0 Å². The van der Waals surface area contributed by atoms with Gasteiger partial charge >= 0.3 is 0 Å². The molecule has 0 unspecified atom stereocenters. The number of hydrogen-bond donors (Lipinski definition) is 3. The number of nitrogens with zero attached hydrogens (tertiary/aromatic N) is 2. The summed E-state index contributed by atoms with van der Waals surface area (Å²) in [4.78, 5) is 32.4. The predicted molar refractivity (Wildman–Crippen MR) is 110 cm³/mol. The second-order valence-corrected chi connectivity index (χ2v) is 6.37. The molecular formula is C21H21N5O2. The Morgan fingerprint density at radius 1 is 0.857 bits per heavy atom. The van der Waals surface area contributed by atoms with E-state index in [1.54, 1.807) is 37.3 Å². The zero-order valence-corrected chi connectivity index (χ0v) is 15.9. The number of aromatic nitrogens is 2. The molecule has 0 aliphatic rings. The lowest BCUT2D eigenvalue weighted by Crippen LogP contribution is -2.16. The van der Waals surface area contributed by atoms with Crippen molar-refractivity contribution in [1.29, 1.82) is 0 Å². The van der Waals surface area contributed by atoms with E-state index in [0.717, 1.165) is 16.9 Å². The lowest BCUT2D eigenvalue weighted by atomic mass is 10.2. The van der Waals surface area contributed by atoms with Crippen LogP contribution >= 0.6 is 0 Å². The third-order valence-corrected chi connectivity index (χ3v) is 3.94. The zero-order chi connectivity index (χ0) is 20.1. The van der Waals surface area contributed by atoms with Crippen LogP contribution in [0.1, 0.15) is 28.7 Å². The lowest BCUT2D eigenvalue weighted by molar-refractivity contribution is -0.114. The van der Waals surface area contributed by atoms with Crippen molar-refractivity contribution >= 4 is 34.8 Å². The third-order valence-electron chi connectivity index (χ3n) is 3.94. The molecule has 0 spiro atoms. The minimum atomic E-state index is -0.302. The molecule has 2 amide bonds. The normalized spacial score (nSPS) is 10.2. The molecule has 142 valence electrons. The molecule has 28 heavy (non-hydrogen) atoms. The second-order valence-electron chi connectivity index (χ2n) is 6.37. The van der Waals surface area contributed by atoms with Crippen LogP contribution in [-0.4, -0.2) is 21.8 Å². The molecule has 3 rings (SSSR count). The van der Waals surface area contributed by atoms with Crippen LogP contribution in [0, 0.1) is 13.8 Å². The summed E-state index contributed by atoms with van der Waals surface area (Å²) in [5.74, 6) is -0.113. The Morgan fingerprint density at radius 2 is 1.54 bits per heavy atom. The molecule has 1 aromatic heterocycles. The fourth-order valence-corrected chi connectivity index (χ4v) is 2.61. The maximum atomic E-state index is 12.6. The monoisotopic (exact) mass is 375 g/mol. The van der Waals surface area contributed by atoms with Gasteiger partial charge in [-0.25, -0.2) is 9.97 Å². The van der Waals surface area contributed by atoms with Crippen molar-refractivity contribution in [1.82, 2.24) is 9.97 Å². The van der Waals surface area contributed by atoms with Gasteiger partial charge in [-0.3, -0.25) is 9.59 Å². The molecule has 0 bridgehead atoms. The first-order chi connectivity index (χ1) is 13.4. The molecule has 0 saturated heterocycles. The fraction of sp³-hybridized carbons (Fsp3) is 0.143. The third kappa shape index (κ3) is 4.91. The molecular weight excluding hydrogens is 354 g/mol. The number of anilines is 4. The molecule has 7 heteroatoms. The smallest absolute Gasteiger partial charge is 0.274 e. The van der Waals surface area contributed by atoms with Gasteiger partial charge in [0.1, 0.15) is 5.69 Å². The highest BCUT2D eigenvalue weighted by atomic mass is 16.2. The highest BCUT2D eigenvalue weighted by Gasteiger charge is 2.12. The number of carbonyl (C=O) groups excluding carboxylic acids is 2. The number of aryl methyl sites for hydroxylation is 2. The minimum Gasteiger partial charge on any atom is -0.326 e. The predicted octanol–water partition coefficient (Wildman–Crippen LogP) is 4.05. The number of carbonyl (C=O) groups is 2. The Kier molecular flexibility index (Phi) is 5.64.